The summed E-state index contributed by atoms with van der Waals surface area (Å²) < 4.78 is 10.4. The molecule has 23 heavy (non-hydrogen) atoms. The van der Waals surface area contributed by atoms with Gasteiger partial charge in [-0.05, 0) is 11.1 Å². The SMILES string of the molecule is CC(=O)O[C@@H]1C(N=[N+]=[N-])[C@H](OC(C)=O)[C@H]2C(C#N)[C@@H]1C2N=[N+]=[N-]. The monoisotopic (exact) mass is 319 g/mol. The Morgan fingerprint density at radius 3 is 1.78 bits per heavy atom. The second-order valence-electron chi connectivity index (χ2n) is 5.35. The fraction of sp³-hybridized carbons (Fsp3) is 0.750. The molecule has 3 aliphatic carbocycles. The molecule has 3 fully saturated rings. The van der Waals surface area contributed by atoms with Gasteiger partial charge in [-0.25, -0.2) is 0 Å². The lowest BCUT2D eigenvalue weighted by atomic mass is 9.50. The minimum atomic E-state index is -1.00. The standard InChI is InChI=1S/C12H13N7O4/c1-4(20)22-11-7-6(3-13)8(9(7)16-18-14)12(23-5(2)21)10(11)17-19-15/h6-12H,1-2H3/t6?,7-,8+,9?,10?,11+,12-. The van der Waals surface area contributed by atoms with Crippen molar-refractivity contribution in [1.29, 1.82) is 5.26 Å². The van der Waals surface area contributed by atoms with Crippen LogP contribution in [0.15, 0.2) is 10.2 Å². The molecule has 120 valence electrons. The molecule has 3 unspecified atom stereocenters. The number of rotatable bonds is 4. The van der Waals surface area contributed by atoms with Gasteiger partial charge in [0.2, 0.25) is 0 Å². The van der Waals surface area contributed by atoms with Gasteiger partial charge in [0, 0.05) is 35.5 Å². The summed E-state index contributed by atoms with van der Waals surface area (Å²) in [6.45, 7) is 2.34. The summed E-state index contributed by atoms with van der Waals surface area (Å²) in [6.07, 6.45) is -2.00. The van der Waals surface area contributed by atoms with Gasteiger partial charge in [0.05, 0.1) is 18.0 Å². The highest BCUT2D eigenvalue weighted by Gasteiger charge is 2.67. The zero-order valence-electron chi connectivity index (χ0n) is 12.3. The van der Waals surface area contributed by atoms with E-state index in [4.69, 9.17) is 20.5 Å². The normalized spacial score (nSPS) is 37.0. The third-order valence-electron chi connectivity index (χ3n) is 4.17. The van der Waals surface area contributed by atoms with Crippen LogP contribution in [0, 0.1) is 29.1 Å². The predicted octanol–water partition coefficient (Wildman–Crippen LogP) is 1.61. The van der Waals surface area contributed by atoms with Crippen LogP contribution < -0.4 is 0 Å². The Kier molecular flexibility index (Phi) is 4.60. The maximum atomic E-state index is 11.4. The minimum absolute atomic E-state index is 0.605. The van der Waals surface area contributed by atoms with Crippen molar-refractivity contribution in [2.24, 2.45) is 28.0 Å². The van der Waals surface area contributed by atoms with Crippen molar-refractivity contribution in [1.82, 2.24) is 0 Å². The molecule has 0 aromatic carbocycles. The Morgan fingerprint density at radius 2 is 1.43 bits per heavy atom. The Morgan fingerprint density at radius 1 is 1.00 bits per heavy atom. The lowest BCUT2D eigenvalue weighted by molar-refractivity contribution is -0.201. The maximum Gasteiger partial charge on any atom is 0.302 e. The second kappa shape index (κ2) is 6.44. The average Bonchev–Trinajstić information content (AvgIpc) is 2.45. The fourth-order valence-electron chi connectivity index (χ4n) is 3.49. The largest absolute Gasteiger partial charge is 0.462 e. The number of ether oxygens (including phenoxy) is 2. The molecule has 11 heteroatoms. The highest BCUT2D eigenvalue weighted by atomic mass is 16.6. The topological polar surface area (TPSA) is 174 Å². The van der Waals surface area contributed by atoms with E-state index in [0.29, 0.717) is 0 Å². The number of hydrogen-bond donors (Lipinski definition) is 0. The molecule has 0 heterocycles. The quantitative estimate of drug-likeness (QED) is 0.330. The molecule has 3 aliphatic rings. The minimum Gasteiger partial charge on any atom is -0.462 e. The predicted molar refractivity (Wildman–Crippen MR) is 73.1 cm³/mol. The molecule has 11 nitrogen and oxygen atoms in total. The van der Waals surface area contributed by atoms with Crippen molar-refractivity contribution in [2.75, 3.05) is 0 Å². The van der Waals surface area contributed by atoms with Crippen LogP contribution in [0.5, 0.6) is 0 Å². The number of azide groups is 2. The van der Waals surface area contributed by atoms with E-state index >= 15 is 0 Å². The number of nitriles is 1. The molecule has 2 bridgehead atoms. The summed E-state index contributed by atoms with van der Waals surface area (Å²) in [4.78, 5) is 28.2. The summed E-state index contributed by atoms with van der Waals surface area (Å²) in [5.41, 5.74) is 17.4. The molecule has 3 saturated carbocycles. The van der Waals surface area contributed by atoms with Crippen molar-refractivity contribution in [2.45, 2.75) is 38.1 Å². The van der Waals surface area contributed by atoms with Crippen molar-refractivity contribution in [3.05, 3.63) is 20.9 Å². The summed E-state index contributed by atoms with van der Waals surface area (Å²) >= 11 is 0. The third-order valence-corrected chi connectivity index (χ3v) is 4.17. The Balaban J connectivity index is 2.49. The number of hydrogen-bond acceptors (Lipinski definition) is 7. The Hall–Kier alpha value is -2.95. The number of carbonyl (C=O) groups excluding carboxylic acids is 2. The first-order valence-electron chi connectivity index (χ1n) is 6.78. The van der Waals surface area contributed by atoms with Gasteiger partial charge in [0.1, 0.15) is 18.2 Å². The first kappa shape index (κ1) is 16.4. The molecule has 0 saturated heterocycles. The van der Waals surface area contributed by atoms with Gasteiger partial charge >= 0.3 is 11.9 Å². The van der Waals surface area contributed by atoms with Gasteiger partial charge < -0.3 is 9.47 Å². The number of esters is 2. The van der Waals surface area contributed by atoms with Crippen LogP contribution >= 0.6 is 0 Å². The van der Waals surface area contributed by atoms with Crippen LogP contribution in [-0.4, -0.2) is 36.2 Å². The van der Waals surface area contributed by atoms with Crippen LogP contribution in [-0.2, 0) is 19.1 Å². The fourth-order valence-corrected chi connectivity index (χ4v) is 3.49. The molecular weight excluding hydrogens is 306 g/mol. The molecule has 0 radical (unpaired) electrons. The maximum absolute atomic E-state index is 11.4. The van der Waals surface area contributed by atoms with Crippen molar-refractivity contribution in [3.8, 4) is 6.07 Å². The van der Waals surface area contributed by atoms with Crippen LogP contribution in [0.4, 0.5) is 0 Å². The number of carbonyl (C=O) groups is 2. The number of fused-ring (bicyclic) bond motifs is 2. The van der Waals surface area contributed by atoms with Crippen molar-refractivity contribution < 1.29 is 19.1 Å². The summed E-state index contributed by atoms with van der Waals surface area (Å²) in [5.74, 6) is -3.13. The van der Waals surface area contributed by atoms with E-state index in [0.717, 1.165) is 0 Å². The lowest BCUT2D eigenvalue weighted by Gasteiger charge is -2.59. The lowest BCUT2D eigenvalue weighted by Crippen LogP contribution is -2.71. The Labute approximate surface area is 130 Å². The van der Waals surface area contributed by atoms with Gasteiger partial charge in [-0.1, -0.05) is 10.2 Å². The second-order valence-corrected chi connectivity index (χ2v) is 5.35. The number of nitrogens with zero attached hydrogens (tertiary/aromatic N) is 7. The smallest absolute Gasteiger partial charge is 0.302 e. The van der Waals surface area contributed by atoms with Gasteiger partial charge in [0.25, 0.3) is 0 Å². The average molecular weight is 319 g/mol. The van der Waals surface area contributed by atoms with Crippen LogP contribution in [0.2, 0.25) is 0 Å². The van der Waals surface area contributed by atoms with E-state index in [-0.39, 0.29) is 0 Å². The molecule has 0 aromatic heterocycles. The summed E-state index contributed by atoms with van der Waals surface area (Å²) in [6, 6.07) is 0.408. The molecule has 0 amide bonds. The van der Waals surface area contributed by atoms with E-state index < -0.39 is 54.0 Å². The molecule has 0 spiro atoms. The zero-order chi connectivity index (χ0) is 17.1. The molecule has 0 aliphatic heterocycles. The van der Waals surface area contributed by atoms with E-state index in [1.54, 1.807) is 0 Å². The first-order chi connectivity index (χ1) is 11.0. The van der Waals surface area contributed by atoms with Gasteiger partial charge in [-0.2, -0.15) is 5.26 Å². The first-order valence-corrected chi connectivity index (χ1v) is 6.78. The summed E-state index contributed by atoms with van der Waals surface area (Å²) in [5, 5.41) is 16.5. The van der Waals surface area contributed by atoms with Crippen LogP contribution in [0.25, 0.3) is 20.9 Å². The van der Waals surface area contributed by atoms with E-state index in [1.165, 1.54) is 13.8 Å². The molecule has 7 atom stereocenters. The molecule has 0 N–H and O–H groups in total. The molecule has 3 rings (SSSR count). The summed E-state index contributed by atoms with van der Waals surface area (Å²) in [7, 11) is 0. The highest BCUT2D eigenvalue weighted by molar-refractivity contribution is 5.67. The van der Waals surface area contributed by atoms with Gasteiger partial charge in [-0.3, -0.25) is 9.59 Å². The van der Waals surface area contributed by atoms with Crippen molar-refractivity contribution in [3.63, 3.8) is 0 Å². The molecular formula is C12H13N7O4. The van der Waals surface area contributed by atoms with E-state index in [9.17, 15) is 14.9 Å². The molecule has 0 aromatic rings. The third kappa shape index (κ3) is 2.73. The van der Waals surface area contributed by atoms with Gasteiger partial charge in [-0.15, -0.1) is 0 Å². The van der Waals surface area contributed by atoms with E-state index in [1.807, 2.05) is 0 Å². The van der Waals surface area contributed by atoms with E-state index in [2.05, 4.69) is 26.1 Å². The Bertz CT molecular complexity index is 629. The zero-order valence-corrected chi connectivity index (χ0v) is 12.3. The highest BCUT2D eigenvalue weighted by Crippen LogP contribution is 2.55. The van der Waals surface area contributed by atoms with Crippen LogP contribution in [0.1, 0.15) is 13.8 Å². The van der Waals surface area contributed by atoms with Gasteiger partial charge in [0.15, 0.2) is 0 Å². The van der Waals surface area contributed by atoms with Crippen molar-refractivity contribution >= 4 is 11.9 Å². The van der Waals surface area contributed by atoms with Crippen LogP contribution in [0.3, 0.4) is 0 Å².